The average molecular weight is 258 g/mol. The summed E-state index contributed by atoms with van der Waals surface area (Å²) in [4.78, 5) is 12.1. The van der Waals surface area contributed by atoms with Crippen LogP contribution in [0.25, 0.3) is 11.6 Å². The second-order valence-electron chi connectivity index (χ2n) is 4.15. The van der Waals surface area contributed by atoms with Crippen molar-refractivity contribution >= 4 is 29.0 Å². The molecule has 18 heavy (non-hydrogen) atoms. The van der Waals surface area contributed by atoms with Crippen LogP contribution in [0.2, 0.25) is 0 Å². The molecule has 0 radical (unpaired) electrons. The molecule has 1 aromatic carbocycles. The zero-order valence-corrected chi connectivity index (χ0v) is 11.1. The summed E-state index contributed by atoms with van der Waals surface area (Å²) in [6.07, 6.45) is 1.76. The number of aliphatic carboxylic acids is 1. The molecule has 0 amide bonds. The van der Waals surface area contributed by atoms with Gasteiger partial charge in [0.1, 0.15) is 0 Å². The van der Waals surface area contributed by atoms with E-state index >= 15 is 0 Å². The zero-order valence-electron chi connectivity index (χ0n) is 10.3. The van der Waals surface area contributed by atoms with Crippen molar-refractivity contribution < 1.29 is 9.90 Å². The number of hydrogen-bond donors (Lipinski definition) is 1. The van der Waals surface area contributed by atoms with E-state index in [-0.39, 0.29) is 0 Å². The summed E-state index contributed by atoms with van der Waals surface area (Å²) in [5, 5.41) is 11.2. The predicted molar refractivity (Wildman–Crippen MR) is 75.7 cm³/mol. The van der Waals surface area contributed by atoms with Gasteiger partial charge in [0.2, 0.25) is 0 Å². The third kappa shape index (κ3) is 2.51. The first-order valence-corrected chi connectivity index (χ1v) is 6.52. The van der Waals surface area contributed by atoms with Crippen LogP contribution in [-0.2, 0) is 4.79 Å². The van der Waals surface area contributed by atoms with Crippen molar-refractivity contribution in [3.05, 3.63) is 57.3 Å². The summed E-state index contributed by atoms with van der Waals surface area (Å²) in [6, 6.07) is 9.66. The first-order chi connectivity index (χ1) is 8.59. The number of carboxylic acids is 1. The van der Waals surface area contributed by atoms with Gasteiger partial charge in [0.15, 0.2) is 0 Å². The first kappa shape index (κ1) is 12.6. The molecule has 2 aromatic rings. The van der Waals surface area contributed by atoms with Crippen LogP contribution < -0.4 is 0 Å². The minimum atomic E-state index is -0.889. The van der Waals surface area contributed by atoms with Gasteiger partial charge in [-0.3, -0.25) is 0 Å². The van der Waals surface area contributed by atoms with Crippen LogP contribution in [0.5, 0.6) is 0 Å². The predicted octanol–water partition coefficient (Wildman–Crippen LogP) is 3.99. The van der Waals surface area contributed by atoms with E-state index in [1.165, 1.54) is 11.3 Å². The van der Waals surface area contributed by atoms with Gasteiger partial charge >= 0.3 is 5.97 Å². The Labute approximate surface area is 110 Å². The summed E-state index contributed by atoms with van der Waals surface area (Å²) in [7, 11) is 0. The SMILES string of the molecule is Cc1cccc(C)c1/C=C(/C(=O)O)c1cccs1. The molecule has 2 nitrogen and oxygen atoms in total. The maximum absolute atomic E-state index is 11.4. The molecule has 0 aliphatic carbocycles. The van der Waals surface area contributed by atoms with Gasteiger partial charge in [-0.1, -0.05) is 24.3 Å². The molecule has 2 rings (SSSR count). The molecule has 1 N–H and O–H groups in total. The standard InChI is InChI=1S/C15H14O2S/c1-10-5-3-6-11(2)12(10)9-13(15(16)17)14-7-4-8-18-14/h3-9H,1-2H3,(H,16,17)/b13-9+. The Kier molecular flexibility index (Phi) is 3.63. The molecule has 1 aromatic heterocycles. The van der Waals surface area contributed by atoms with Crippen LogP contribution in [0.1, 0.15) is 21.6 Å². The molecule has 0 atom stereocenters. The van der Waals surface area contributed by atoms with Gasteiger partial charge in [0, 0.05) is 4.88 Å². The highest BCUT2D eigenvalue weighted by Gasteiger charge is 2.12. The minimum Gasteiger partial charge on any atom is -0.478 e. The molecule has 0 bridgehead atoms. The van der Waals surface area contributed by atoms with E-state index in [0.717, 1.165) is 21.6 Å². The third-order valence-corrected chi connectivity index (χ3v) is 3.75. The number of aryl methyl sites for hydroxylation is 2. The van der Waals surface area contributed by atoms with Crippen molar-refractivity contribution in [2.75, 3.05) is 0 Å². The molecular weight excluding hydrogens is 244 g/mol. The quantitative estimate of drug-likeness (QED) is 0.845. The van der Waals surface area contributed by atoms with Gasteiger partial charge in [0.05, 0.1) is 5.57 Å². The van der Waals surface area contributed by atoms with Crippen molar-refractivity contribution in [3.8, 4) is 0 Å². The fourth-order valence-electron chi connectivity index (χ4n) is 1.87. The second-order valence-corrected chi connectivity index (χ2v) is 5.09. The van der Waals surface area contributed by atoms with Gasteiger partial charge in [-0.25, -0.2) is 4.79 Å². The number of benzene rings is 1. The van der Waals surface area contributed by atoms with Crippen molar-refractivity contribution in [1.29, 1.82) is 0 Å². The topological polar surface area (TPSA) is 37.3 Å². The van der Waals surface area contributed by atoms with E-state index < -0.39 is 5.97 Å². The Morgan fingerprint density at radius 3 is 2.33 bits per heavy atom. The number of hydrogen-bond acceptors (Lipinski definition) is 2. The van der Waals surface area contributed by atoms with Gasteiger partial charge in [-0.2, -0.15) is 0 Å². The number of thiophene rings is 1. The number of carboxylic acid groups (broad SMARTS) is 1. The zero-order chi connectivity index (χ0) is 13.1. The molecule has 0 spiro atoms. The molecule has 92 valence electrons. The Bertz CT molecular complexity index is 575. The van der Waals surface area contributed by atoms with Crippen LogP contribution in [0.15, 0.2) is 35.7 Å². The minimum absolute atomic E-state index is 0.349. The number of rotatable bonds is 3. The van der Waals surface area contributed by atoms with Crippen LogP contribution in [0.3, 0.4) is 0 Å². The lowest BCUT2D eigenvalue weighted by molar-refractivity contribution is -0.130. The largest absolute Gasteiger partial charge is 0.478 e. The molecule has 3 heteroatoms. The maximum Gasteiger partial charge on any atom is 0.337 e. The molecule has 0 fully saturated rings. The summed E-state index contributed by atoms with van der Waals surface area (Å²) < 4.78 is 0. The Hall–Kier alpha value is -1.87. The fourth-order valence-corrected chi connectivity index (χ4v) is 2.60. The first-order valence-electron chi connectivity index (χ1n) is 5.64. The highest BCUT2D eigenvalue weighted by atomic mass is 32.1. The third-order valence-electron chi connectivity index (χ3n) is 2.85. The van der Waals surface area contributed by atoms with E-state index in [9.17, 15) is 9.90 Å². The van der Waals surface area contributed by atoms with E-state index in [1.807, 2.05) is 49.6 Å². The van der Waals surface area contributed by atoms with Gasteiger partial charge in [-0.05, 0) is 48.1 Å². The second kappa shape index (κ2) is 5.19. The Morgan fingerprint density at radius 1 is 1.17 bits per heavy atom. The lowest BCUT2D eigenvalue weighted by Gasteiger charge is -2.06. The Morgan fingerprint density at radius 2 is 1.83 bits per heavy atom. The summed E-state index contributed by atoms with van der Waals surface area (Å²) in [6.45, 7) is 3.99. The molecule has 0 unspecified atom stereocenters. The van der Waals surface area contributed by atoms with Crippen molar-refractivity contribution in [1.82, 2.24) is 0 Å². The van der Waals surface area contributed by atoms with E-state index in [4.69, 9.17) is 0 Å². The van der Waals surface area contributed by atoms with E-state index in [1.54, 1.807) is 6.08 Å². The van der Waals surface area contributed by atoms with Crippen LogP contribution in [0, 0.1) is 13.8 Å². The maximum atomic E-state index is 11.4. The molecule has 0 aliphatic rings. The highest BCUT2D eigenvalue weighted by Crippen LogP contribution is 2.25. The van der Waals surface area contributed by atoms with Crippen LogP contribution in [0.4, 0.5) is 0 Å². The molecule has 0 saturated carbocycles. The monoisotopic (exact) mass is 258 g/mol. The number of carbonyl (C=O) groups is 1. The van der Waals surface area contributed by atoms with Crippen molar-refractivity contribution in [2.45, 2.75) is 13.8 Å². The van der Waals surface area contributed by atoms with Crippen molar-refractivity contribution in [3.63, 3.8) is 0 Å². The van der Waals surface area contributed by atoms with Crippen LogP contribution >= 0.6 is 11.3 Å². The summed E-state index contributed by atoms with van der Waals surface area (Å²) in [5.41, 5.74) is 3.52. The highest BCUT2D eigenvalue weighted by molar-refractivity contribution is 7.11. The van der Waals surface area contributed by atoms with Gasteiger partial charge in [-0.15, -0.1) is 11.3 Å². The smallest absolute Gasteiger partial charge is 0.337 e. The lowest BCUT2D eigenvalue weighted by atomic mass is 10.00. The molecule has 1 heterocycles. The molecule has 0 saturated heterocycles. The van der Waals surface area contributed by atoms with E-state index in [0.29, 0.717) is 5.57 Å². The van der Waals surface area contributed by atoms with Crippen LogP contribution in [-0.4, -0.2) is 11.1 Å². The van der Waals surface area contributed by atoms with Gasteiger partial charge in [0.25, 0.3) is 0 Å². The van der Waals surface area contributed by atoms with E-state index in [2.05, 4.69) is 0 Å². The lowest BCUT2D eigenvalue weighted by Crippen LogP contribution is -1.98. The van der Waals surface area contributed by atoms with Crippen molar-refractivity contribution in [2.24, 2.45) is 0 Å². The summed E-state index contributed by atoms with van der Waals surface area (Å²) in [5.74, 6) is -0.889. The normalized spacial score (nSPS) is 11.6. The molecule has 0 aliphatic heterocycles. The Balaban J connectivity index is 2.56. The van der Waals surface area contributed by atoms with Gasteiger partial charge < -0.3 is 5.11 Å². The molecular formula is C15H14O2S. The fraction of sp³-hybridized carbons (Fsp3) is 0.133. The average Bonchev–Trinajstić information content (AvgIpc) is 2.81. The summed E-state index contributed by atoms with van der Waals surface area (Å²) >= 11 is 1.44.